The van der Waals surface area contributed by atoms with Crippen molar-refractivity contribution < 1.29 is 14.3 Å². The lowest BCUT2D eigenvalue weighted by atomic mass is 9.92. The summed E-state index contributed by atoms with van der Waals surface area (Å²) in [5.74, 6) is 0.459. The van der Waals surface area contributed by atoms with E-state index in [1.54, 1.807) is 37.1 Å². The second-order valence-electron chi connectivity index (χ2n) is 7.91. The summed E-state index contributed by atoms with van der Waals surface area (Å²) in [6, 6.07) is 12.9. The molecule has 0 aromatic heterocycles. The molecule has 0 aliphatic carbocycles. The van der Waals surface area contributed by atoms with E-state index in [-0.39, 0.29) is 11.9 Å². The number of ether oxygens (including phenoxy) is 1. The van der Waals surface area contributed by atoms with Crippen molar-refractivity contribution in [2.45, 2.75) is 39.3 Å². The van der Waals surface area contributed by atoms with Crippen LogP contribution in [0, 0.1) is 0 Å². The molecule has 0 bridgehead atoms. The van der Waals surface area contributed by atoms with E-state index in [0.29, 0.717) is 17.1 Å². The number of rotatable bonds is 4. The van der Waals surface area contributed by atoms with Crippen molar-refractivity contribution in [3.05, 3.63) is 60.2 Å². The van der Waals surface area contributed by atoms with Crippen molar-refractivity contribution in [1.82, 2.24) is 5.32 Å². The quantitative estimate of drug-likeness (QED) is 0.802. The molecule has 0 saturated carbocycles. The topological polar surface area (TPSA) is 70.7 Å². The average Bonchev–Trinajstić information content (AvgIpc) is 2.65. The number of fused-ring (bicyclic) bond motifs is 1. The molecule has 1 unspecified atom stereocenters. The fourth-order valence-corrected chi connectivity index (χ4v) is 3.29. The van der Waals surface area contributed by atoms with Crippen LogP contribution in [0.5, 0.6) is 5.75 Å². The van der Waals surface area contributed by atoms with E-state index in [2.05, 4.69) is 17.2 Å². The second kappa shape index (κ2) is 7.62. The average molecular weight is 393 g/mol. The van der Waals surface area contributed by atoms with Gasteiger partial charge >= 0.3 is 6.03 Å². The Balaban J connectivity index is 1.74. The van der Waals surface area contributed by atoms with Crippen LogP contribution in [0.25, 0.3) is 5.57 Å². The van der Waals surface area contributed by atoms with Gasteiger partial charge in [0.2, 0.25) is 0 Å². The van der Waals surface area contributed by atoms with Crippen LogP contribution in [0.3, 0.4) is 0 Å². The van der Waals surface area contributed by atoms with Gasteiger partial charge in [0.25, 0.3) is 5.91 Å². The Morgan fingerprint density at radius 1 is 1.21 bits per heavy atom. The molecule has 1 aliphatic rings. The van der Waals surface area contributed by atoms with Crippen LogP contribution in [-0.2, 0) is 10.3 Å². The van der Waals surface area contributed by atoms with E-state index < -0.39 is 11.6 Å². The summed E-state index contributed by atoms with van der Waals surface area (Å²) >= 11 is 0. The number of nitrogens with one attached hydrogen (secondary N) is 2. The fourth-order valence-electron chi connectivity index (χ4n) is 3.29. The van der Waals surface area contributed by atoms with Gasteiger partial charge in [0.1, 0.15) is 5.75 Å². The predicted molar refractivity (Wildman–Crippen MR) is 116 cm³/mol. The number of nitrogens with zero attached hydrogens (tertiary/aromatic N) is 1. The molecule has 3 amide bonds. The van der Waals surface area contributed by atoms with Crippen LogP contribution in [0.15, 0.2) is 49.0 Å². The smallest absolute Gasteiger partial charge is 0.319 e. The third kappa shape index (κ3) is 4.26. The largest absolute Gasteiger partial charge is 0.479 e. The van der Waals surface area contributed by atoms with Crippen LogP contribution in [0.1, 0.15) is 38.8 Å². The van der Waals surface area contributed by atoms with E-state index in [4.69, 9.17) is 4.74 Å². The molecule has 0 radical (unpaired) electrons. The molecule has 2 aromatic rings. The maximum atomic E-state index is 12.6. The van der Waals surface area contributed by atoms with Gasteiger partial charge in [-0.2, -0.15) is 0 Å². The number of hydrogen-bond acceptors (Lipinski definition) is 3. The second-order valence-corrected chi connectivity index (χ2v) is 7.91. The van der Waals surface area contributed by atoms with Crippen molar-refractivity contribution in [3.63, 3.8) is 0 Å². The molecule has 3 rings (SSSR count). The zero-order valence-electron chi connectivity index (χ0n) is 17.5. The molecular formula is C23H27N3O3. The number of carbonyl (C=O) groups is 2. The van der Waals surface area contributed by atoms with Gasteiger partial charge in [-0.25, -0.2) is 4.79 Å². The van der Waals surface area contributed by atoms with Gasteiger partial charge < -0.3 is 20.3 Å². The van der Waals surface area contributed by atoms with Gasteiger partial charge in [0, 0.05) is 18.8 Å². The van der Waals surface area contributed by atoms with Crippen LogP contribution in [0.4, 0.5) is 16.2 Å². The number of urea groups is 1. The van der Waals surface area contributed by atoms with E-state index >= 15 is 0 Å². The first kappa shape index (κ1) is 20.5. The van der Waals surface area contributed by atoms with Gasteiger partial charge in [-0.1, -0.05) is 30.4 Å². The van der Waals surface area contributed by atoms with Crippen LogP contribution >= 0.6 is 0 Å². The lowest BCUT2D eigenvalue weighted by molar-refractivity contribution is -0.125. The molecule has 6 nitrogen and oxygen atoms in total. The molecule has 0 fully saturated rings. The number of allylic oxidation sites excluding steroid dienone is 1. The zero-order chi connectivity index (χ0) is 21.3. The van der Waals surface area contributed by atoms with Gasteiger partial charge in [-0.05, 0) is 57.0 Å². The Kier molecular flexibility index (Phi) is 5.38. The third-order valence-electron chi connectivity index (χ3n) is 5.06. The molecule has 152 valence electrons. The van der Waals surface area contributed by atoms with E-state index in [1.165, 1.54) is 0 Å². The number of carbonyl (C=O) groups excluding carboxylic acids is 2. The molecule has 29 heavy (non-hydrogen) atoms. The highest BCUT2D eigenvalue weighted by Crippen LogP contribution is 2.35. The standard InChI is InChI=1S/C23H27N3O3/c1-14(2)16-8-7-9-17(12-16)23(4,5)25-22(28)24-18-10-11-19-20(13-18)29-15(3)21(27)26(19)6/h7-13,15H,1H2,2-6H3,(H2,24,25,28). The molecule has 2 N–H and O–H groups in total. The molecule has 1 aliphatic heterocycles. The molecule has 1 atom stereocenters. The van der Waals surface area contributed by atoms with Crippen LogP contribution in [-0.4, -0.2) is 25.1 Å². The monoisotopic (exact) mass is 393 g/mol. The summed E-state index contributed by atoms with van der Waals surface area (Å²) in [5, 5.41) is 5.85. The summed E-state index contributed by atoms with van der Waals surface area (Å²) in [7, 11) is 1.71. The summed E-state index contributed by atoms with van der Waals surface area (Å²) in [6.07, 6.45) is -0.559. The minimum Gasteiger partial charge on any atom is -0.479 e. The zero-order valence-corrected chi connectivity index (χ0v) is 17.5. The van der Waals surface area contributed by atoms with Crippen LogP contribution < -0.4 is 20.3 Å². The van der Waals surface area contributed by atoms with Gasteiger partial charge in [-0.3, -0.25) is 4.79 Å². The highest BCUT2D eigenvalue weighted by Gasteiger charge is 2.29. The normalized spacial score (nSPS) is 16.0. The molecular weight excluding hydrogens is 366 g/mol. The van der Waals surface area contributed by atoms with E-state index in [0.717, 1.165) is 16.7 Å². The molecule has 6 heteroatoms. The summed E-state index contributed by atoms with van der Waals surface area (Å²) < 4.78 is 5.67. The SMILES string of the molecule is C=C(C)c1cccc(C(C)(C)NC(=O)Nc2ccc3c(c2)OC(C)C(=O)N3C)c1. The molecule has 0 saturated heterocycles. The number of hydrogen-bond donors (Lipinski definition) is 2. The first-order valence-corrected chi connectivity index (χ1v) is 9.52. The minimum atomic E-state index is -0.582. The maximum absolute atomic E-state index is 12.6. The van der Waals surface area contributed by atoms with Gasteiger partial charge in [-0.15, -0.1) is 0 Å². The van der Waals surface area contributed by atoms with Crippen molar-refractivity contribution >= 4 is 28.9 Å². The third-order valence-corrected chi connectivity index (χ3v) is 5.06. The van der Waals surface area contributed by atoms with Gasteiger partial charge in [0.15, 0.2) is 6.10 Å². The molecule has 1 heterocycles. The number of amides is 3. The Morgan fingerprint density at radius 3 is 2.62 bits per heavy atom. The summed E-state index contributed by atoms with van der Waals surface area (Å²) in [6.45, 7) is 11.5. The first-order chi connectivity index (χ1) is 13.6. The Hall–Kier alpha value is -3.28. The summed E-state index contributed by atoms with van der Waals surface area (Å²) in [5.41, 5.74) is 3.67. The Morgan fingerprint density at radius 2 is 1.93 bits per heavy atom. The lowest BCUT2D eigenvalue weighted by Gasteiger charge is -2.31. The summed E-state index contributed by atoms with van der Waals surface area (Å²) in [4.78, 5) is 26.2. The van der Waals surface area contributed by atoms with Crippen molar-refractivity contribution in [2.24, 2.45) is 0 Å². The van der Waals surface area contributed by atoms with Crippen molar-refractivity contribution in [3.8, 4) is 5.75 Å². The fraction of sp³-hybridized carbons (Fsp3) is 0.304. The van der Waals surface area contributed by atoms with E-state index in [1.807, 2.05) is 45.0 Å². The number of likely N-dealkylation sites (N-methyl/N-ethyl adjacent to an activating group) is 1. The lowest BCUT2D eigenvalue weighted by Crippen LogP contribution is -2.43. The van der Waals surface area contributed by atoms with Crippen molar-refractivity contribution in [2.75, 3.05) is 17.3 Å². The Labute approximate surface area is 171 Å². The predicted octanol–water partition coefficient (Wildman–Crippen LogP) is 4.52. The molecule has 2 aromatic carbocycles. The number of anilines is 2. The first-order valence-electron chi connectivity index (χ1n) is 9.52. The Bertz CT molecular complexity index is 981. The maximum Gasteiger partial charge on any atom is 0.319 e. The highest BCUT2D eigenvalue weighted by molar-refractivity contribution is 6.00. The van der Waals surface area contributed by atoms with Gasteiger partial charge in [0.05, 0.1) is 11.2 Å². The van der Waals surface area contributed by atoms with E-state index in [9.17, 15) is 9.59 Å². The number of benzene rings is 2. The van der Waals surface area contributed by atoms with Crippen LogP contribution in [0.2, 0.25) is 0 Å². The molecule has 0 spiro atoms. The minimum absolute atomic E-state index is 0.102. The highest BCUT2D eigenvalue weighted by atomic mass is 16.5. The van der Waals surface area contributed by atoms with Crippen molar-refractivity contribution in [1.29, 1.82) is 0 Å².